The van der Waals surface area contributed by atoms with Crippen LogP contribution in [0.2, 0.25) is 0 Å². The fraction of sp³-hybridized carbons (Fsp3) is 0.471. The molecule has 0 spiro atoms. The third-order valence-electron chi connectivity index (χ3n) is 4.36. The van der Waals surface area contributed by atoms with E-state index in [0.29, 0.717) is 19.3 Å². The number of hydrogen-bond donors (Lipinski definition) is 3. The Kier molecular flexibility index (Phi) is 6.01. The Balaban J connectivity index is 2.08. The largest absolute Gasteiger partial charge is 0.480 e. The lowest BCUT2D eigenvalue weighted by atomic mass is 9.83. The minimum Gasteiger partial charge on any atom is -0.480 e. The Morgan fingerprint density at radius 1 is 1.19 bits per heavy atom. The van der Waals surface area contributed by atoms with Gasteiger partial charge in [-0.05, 0) is 36.5 Å². The van der Waals surface area contributed by atoms with E-state index in [-0.39, 0.29) is 17.8 Å². The summed E-state index contributed by atoms with van der Waals surface area (Å²) >= 11 is 0. The van der Waals surface area contributed by atoms with Gasteiger partial charge in [-0.1, -0.05) is 12.1 Å². The Morgan fingerprint density at radius 3 is 2.31 bits per heavy atom. The van der Waals surface area contributed by atoms with Crippen molar-refractivity contribution in [3.05, 3.63) is 35.4 Å². The molecule has 9 heteroatoms. The lowest BCUT2D eigenvalue weighted by Crippen LogP contribution is -2.48. The molecule has 1 aromatic carbocycles. The number of alkyl halides is 3. The minimum atomic E-state index is -4.55. The van der Waals surface area contributed by atoms with Gasteiger partial charge in [-0.25, -0.2) is 4.79 Å². The molecule has 0 radical (unpaired) electrons. The summed E-state index contributed by atoms with van der Waals surface area (Å²) in [6.45, 7) is 0. The van der Waals surface area contributed by atoms with E-state index in [1.165, 1.54) is 0 Å². The smallest absolute Gasteiger partial charge is 0.416 e. The Hall–Kier alpha value is -2.42. The normalized spacial score (nSPS) is 20.3. The molecule has 1 saturated carbocycles. The fourth-order valence-corrected chi connectivity index (χ4v) is 2.96. The molecule has 26 heavy (non-hydrogen) atoms. The van der Waals surface area contributed by atoms with Gasteiger partial charge < -0.3 is 15.5 Å². The molecule has 142 valence electrons. The average molecular weight is 373 g/mol. The second kappa shape index (κ2) is 7.86. The Bertz CT molecular complexity index is 687. The highest BCUT2D eigenvalue weighted by Gasteiger charge is 2.35. The highest BCUT2D eigenvalue weighted by molar-refractivity contribution is 5.88. The maximum absolute atomic E-state index is 12.5. The van der Waals surface area contributed by atoms with Gasteiger partial charge in [0.2, 0.25) is 0 Å². The molecule has 0 aliphatic heterocycles. The molecule has 1 fully saturated rings. The second-order valence-corrected chi connectivity index (χ2v) is 6.24. The standard InChI is InChI=1S/C17H18F3NO5/c18-17(19,20)11-6-4-9(5-7-11)14(23)15(24)21-13(16(25)26)10-2-1-3-12(22)8-10/h4-7,10,13-14,23H,1-3,8H2,(H,21,24)(H,25,26)/t10-,13-,14-/m0/s1. The SMILES string of the molecule is O=C1CCC[C@H]([C@H](NC(=O)[C@@H](O)c2ccc(C(F)(F)F)cc2)C(=O)O)C1. The monoisotopic (exact) mass is 373 g/mol. The molecular weight excluding hydrogens is 355 g/mol. The van der Waals surface area contributed by atoms with Crippen molar-refractivity contribution in [2.45, 2.75) is 44.0 Å². The molecule has 3 atom stereocenters. The van der Waals surface area contributed by atoms with Crippen LogP contribution in [0.15, 0.2) is 24.3 Å². The zero-order valence-electron chi connectivity index (χ0n) is 13.6. The van der Waals surface area contributed by atoms with Crippen LogP contribution in [-0.2, 0) is 20.6 Å². The molecule has 0 bridgehead atoms. The molecule has 1 aliphatic carbocycles. The second-order valence-electron chi connectivity index (χ2n) is 6.24. The van der Waals surface area contributed by atoms with Gasteiger partial charge >= 0.3 is 12.1 Å². The van der Waals surface area contributed by atoms with Crippen molar-refractivity contribution in [2.75, 3.05) is 0 Å². The molecule has 1 aliphatic rings. The van der Waals surface area contributed by atoms with Crippen molar-refractivity contribution >= 4 is 17.7 Å². The number of Topliss-reactive ketones (excluding diaryl/α,β-unsaturated/α-hetero) is 1. The van der Waals surface area contributed by atoms with E-state index in [0.717, 1.165) is 24.3 Å². The van der Waals surface area contributed by atoms with E-state index in [1.807, 2.05) is 0 Å². The van der Waals surface area contributed by atoms with Gasteiger partial charge in [-0.3, -0.25) is 9.59 Å². The van der Waals surface area contributed by atoms with Gasteiger partial charge in [0, 0.05) is 12.8 Å². The van der Waals surface area contributed by atoms with Gasteiger partial charge in [0.15, 0.2) is 6.10 Å². The van der Waals surface area contributed by atoms with E-state index in [4.69, 9.17) is 0 Å². The third-order valence-corrected chi connectivity index (χ3v) is 4.36. The van der Waals surface area contributed by atoms with Crippen molar-refractivity contribution in [3.63, 3.8) is 0 Å². The molecule has 1 amide bonds. The summed E-state index contributed by atoms with van der Waals surface area (Å²) in [4.78, 5) is 35.1. The molecule has 0 unspecified atom stereocenters. The average Bonchev–Trinajstić information content (AvgIpc) is 2.57. The first-order chi connectivity index (χ1) is 12.1. The van der Waals surface area contributed by atoms with Crippen LogP contribution in [0.4, 0.5) is 13.2 Å². The van der Waals surface area contributed by atoms with E-state index in [1.54, 1.807) is 0 Å². The number of ketones is 1. The van der Waals surface area contributed by atoms with Gasteiger partial charge in [-0.2, -0.15) is 13.2 Å². The van der Waals surface area contributed by atoms with Crippen molar-refractivity contribution in [1.29, 1.82) is 0 Å². The summed E-state index contributed by atoms with van der Waals surface area (Å²) in [6.07, 6.45) is -5.02. The van der Waals surface area contributed by atoms with Crippen LogP contribution in [0, 0.1) is 5.92 Å². The summed E-state index contributed by atoms with van der Waals surface area (Å²) < 4.78 is 37.6. The van der Waals surface area contributed by atoms with Crippen LogP contribution < -0.4 is 5.32 Å². The predicted octanol–water partition coefficient (Wildman–Crippen LogP) is 2.07. The van der Waals surface area contributed by atoms with E-state index >= 15 is 0 Å². The molecule has 6 nitrogen and oxygen atoms in total. The van der Waals surface area contributed by atoms with Crippen molar-refractivity contribution in [3.8, 4) is 0 Å². The number of carbonyl (C=O) groups excluding carboxylic acids is 2. The Morgan fingerprint density at radius 2 is 1.81 bits per heavy atom. The number of benzene rings is 1. The number of hydrogen-bond acceptors (Lipinski definition) is 4. The van der Waals surface area contributed by atoms with Crippen molar-refractivity contribution in [2.24, 2.45) is 5.92 Å². The molecule has 3 N–H and O–H groups in total. The molecule has 0 heterocycles. The van der Waals surface area contributed by atoms with Crippen LogP contribution in [-0.4, -0.2) is 33.9 Å². The van der Waals surface area contributed by atoms with Crippen LogP contribution in [0.1, 0.15) is 42.9 Å². The topological polar surface area (TPSA) is 104 Å². The number of amides is 1. The number of nitrogens with one attached hydrogen (secondary N) is 1. The summed E-state index contributed by atoms with van der Waals surface area (Å²) in [7, 11) is 0. The lowest BCUT2D eigenvalue weighted by Gasteiger charge is -2.28. The van der Waals surface area contributed by atoms with Gasteiger partial charge in [-0.15, -0.1) is 0 Å². The number of aliphatic carboxylic acids is 1. The number of aliphatic hydroxyl groups is 1. The van der Waals surface area contributed by atoms with E-state index < -0.39 is 41.7 Å². The van der Waals surface area contributed by atoms with E-state index in [2.05, 4.69) is 5.32 Å². The van der Waals surface area contributed by atoms with Crippen molar-refractivity contribution < 1.29 is 37.8 Å². The molecule has 1 aromatic rings. The summed E-state index contributed by atoms with van der Waals surface area (Å²) in [6, 6.07) is 2.00. The number of carboxylic acid groups (broad SMARTS) is 1. The predicted molar refractivity (Wildman–Crippen MR) is 82.9 cm³/mol. The molecule has 0 aromatic heterocycles. The first kappa shape index (κ1) is 19.9. The number of halogens is 3. The summed E-state index contributed by atoms with van der Waals surface area (Å²) in [5, 5.41) is 21.5. The number of carbonyl (C=O) groups is 3. The van der Waals surface area contributed by atoms with Crippen molar-refractivity contribution in [1.82, 2.24) is 5.32 Å². The maximum Gasteiger partial charge on any atom is 0.416 e. The van der Waals surface area contributed by atoms with Gasteiger partial charge in [0.1, 0.15) is 11.8 Å². The quantitative estimate of drug-likeness (QED) is 0.733. The van der Waals surface area contributed by atoms with Crippen LogP contribution in [0.3, 0.4) is 0 Å². The molecule has 0 saturated heterocycles. The van der Waals surface area contributed by atoms with Crippen LogP contribution >= 0.6 is 0 Å². The van der Waals surface area contributed by atoms with Gasteiger partial charge in [0.05, 0.1) is 5.56 Å². The number of carboxylic acids is 1. The highest BCUT2D eigenvalue weighted by Crippen LogP contribution is 2.30. The zero-order valence-corrected chi connectivity index (χ0v) is 13.6. The molecule has 2 rings (SSSR count). The number of rotatable bonds is 5. The lowest BCUT2D eigenvalue weighted by molar-refractivity contribution is -0.146. The molecular formula is C17H18F3NO5. The third kappa shape index (κ3) is 4.81. The zero-order chi connectivity index (χ0) is 19.5. The van der Waals surface area contributed by atoms with Crippen LogP contribution in [0.25, 0.3) is 0 Å². The van der Waals surface area contributed by atoms with Crippen LogP contribution in [0.5, 0.6) is 0 Å². The Labute approximate surface area is 147 Å². The number of aliphatic hydroxyl groups excluding tert-OH is 1. The first-order valence-electron chi connectivity index (χ1n) is 7.99. The summed E-state index contributed by atoms with van der Waals surface area (Å²) in [5.41, 5.74) is -1.03. The maximum atomic E-state index is 12.5. The minimum absolute atomic E-state index is 0.0214. The fourth-order valence-electron chi connectivity index (χ4n) is 2.96. The highest BCUT2D eigenvalue weighted by atomic mass is 19.4. The van der Waals surface area contributed by atoms with E-state index in [9.17, 15) is 37.8 Å². The first-order valence-corrected chi connectivity index (χ1v) is 7.99. The van der Waals surface area contributed by atoms with Gasteiger partial charge in [0.25, 0.3) is 5.91 Å². The summed E-state index contributed by atoms with van der Waals surface area (Å²) in [5.74, 6) is -3.06.